The van der Waals surface area contributed by atoms with Gasteiger partial charge in [-0.05, 0) is 32.3 Å². The van der Waals surface area contributed by atoms with Crippen molar-refractivity contribution in [3.8, 4) is 0 Å². The molecule has 96 valence electrons. The highest BCUT2D eigenvalue weighted by molar-refractivity contribution is 5.39. The Bertz CT molecular complexity index is 462. The maximum atomic E-state index is 4.26. The average Bonchev–Trinajstić information content (AvgIpc) is 2.85. The quantitative estimate of drug-likeness (QED) is 0.843. The van der Waals surface area contributed by atoms with Gasteiger partial charge in [-0.3, -0.25) is 4.68 Å². The molecule has 3 nitrogen and oxygen atoms in total. The van der Waals surface area contributed by atoms with Gasteiger partial charge >= 0.3 is 0 Å². The van der Waals surface area contributed by atoms with Crippen LogP contribution in [0.4, 0.5) is 5.69 Å². The Morgan fingerprint density at radius 3 is 2.72 bits per heavy atom. The Balaban J connectivity index is 1.80. The van der Waals surface area contributed by atoms with Crippen LogP contribution >= 0.6 is 0 Å². The Morgan fingerprint density at radius 2 is 2.06 bits per heavy atom. The van der Waals surface area contributed by atoms with E-state index in [4.69, 9.17) is 0 Å². The van der Waals surface area contributed by atoms with E-state index in [0.29, 0.717) is 6.04 Å². The number of benzene rings is 1. The number of hydrogen-bond donors (Lipinski definition) is 1. The minimum absolute atomic E-state index is 0.458. The molecule has 1 aromatic carbocycles. The van der Waals surface area contributed by atoms with E-state index < -0.39 is 0 Å². The largest absolute Gasteiger partial charge is 0.380 e. The summed E-state index contributed by atoms with van der Waals surface area (Å²) in [5, 5.41) is 7.74. The van der Waals surface area contributed by atoms with Crippen LogP contribution in [0.3, 0.4) is 0 Å². The van der Waals surface area contributed by atoms with Crippen LogP contribution in [0.2, 0.25) is 0 Å². The highest BCUT2D eigenvalue weighted by Gasteiger charge is 2.04. The summed E-state index contributed by atoms with van der Waals surface area (Å²) in [4.78, 5) is 0. The van der Waals surface area contributed by atoms with E-state index in [0.717, 1.165) is 25.1 Å². The zero-order valence-electron chi connectivity index (χ0n) is 11.1. The van der Waals surface area contributed by atoms with Gasteiger partial charge in [-0.15, -0.1) is 0 Å². The number of hydrogen-bond acceptors (Lipinski definition) is 2. The molecule has 1 unspecified atom stereocenters. The first-order valence-corrected chi connectivity index (χ1v) is 6.61. The molecule has 1 N–H and O–H groups in total. The Kier molecular flexibility index (Phi) is 4.40. The van der Waals surface area contributed by atoms with Crippen molar-refractivity contribution in [3.63, 3.8) is 0 Å². The lowest BCUT2D eigenvalue weighted by Crippen LogP contribution is -2.15. The molecule has 2 aromatic rings. The summed E-state index contributed by atoms with van der Waals surface area (Å²) in [5.41, 5.74) is 2.51. The van der Waals surface area contributed by atoms with Crippen LogP contribution in [0.1, 0.15) is 25.8 Å². The fraction of sp³-hybridized carbons (Fsp3) is 0.400. The molecule has 0 aliphatic heterocycles. The van der Waals surface area contributed by atoms with Crippen LogP contribution in [0, 0.1) is 0 Å². The number of rotatable bonds is 6. The van der Waals surface area contributed by atoms with Gasteiger partial charge in [0.1, 0.15) is 0 Å². The van der Waals surface area contributed by atoms with Gasteiger partial charge in [0.25, 0.3) is 0 Å². The van der Waals surface area contributed by atoms with Gasteiger partial charge in [-0.2, -0.15) is 5.10 Å². The third-order valence-corrected chi connectivity index (χ3v) is 3.08. The Labute approximate surface area is 109 Å². The van der Waals surface area contributed by atoms with E-state index in [-0.39, 0.29) is 0 Å². The van der Waals surface area contributed by atoms with Crippen molar-refractivity contribution in [1.82, 2.24) is 9.78 Å². The average molecular weight is 243 g/mol. The van der Waals surface area contributed by atoms with Crippen molar-refractivity contribution in [1.29, 1.82) is 0 Å². The second-order valence-electron chi connectivity index (χ2n) is 4.65. The number of aromatic nitrogens is 2. The molecule has 2 rings (SSSR count). The number of nitrogens with one attached hydrogen (secondary N) is 1. The predicted molar refractivity (Wildman–Crippen MR) is 75.7 cm³/mol. The minimum atomic E-state index is 0.458. The van der Waals surface area contributed by atoms with Crippen LogP contribution < -0.4 is 5.32 Å². The highest BCUT2D eigenvalue weighted by Crippen LogP contribution is 2.11. The topological polar surface area (TPSA) is 29.9 Å². The van der Waals surface area contributed by atoms with Gasteiger partial charge in [0, 0.05) is 18.8 Å². The lowest BCUT2D eigenvalue weighted by Gasteiger charge is -2.13. The smallest absolute Gasteiger partial charge is 0.0728 e. The molecule has 0 aliphatic carbocycles. The molecule has 0 aliphatic rings. The summed E-state index contributed by atoms with van der Waals surface area (Å²) < 4.78 is 1.94. The number of nitrogens with zero attached hydrogens (tertiary/aromatic N) is 2. The second-order valence-corrected chi connectivity index (χ2v) is 4.65. The molecule has 0 spiro atoms. The first-order chi connectivity index (χ1) is 8.78. The van der Waals surface area contributed by atoms with Gasteiger partial charge in [-0.25, -0.2) is 0 Å². The molecule has 0 saturated heterocycles. The fourth-order valence-corrected chi connectivity index (χ4v) is 2.00. The van der Waals surface area contributed by atoms with E-state index in [2.05, 4.69) is 60.8 Å². The van der Waals surface area contributed by atoms with E-state index in [1.54, 1.807) is 0 Å². The molecule has 1 heterocycles. The second kappa shape index (κ2) is 6.24. The summed E-state index contributed by atoms with van der Waals surface area (Å²) in [7, 11) is 0. The third-order valence-electron chi connectivity index (χ3n) is 3.08. The molecular formula is C15H21N3. The predicted octanol–water partition coefficient (Wildman–Crippen LogP) is 3.34. The first-order valence-electron chi connectivity index (χ1n) is 6.61. The van der Waals surface area contributed by atoms with Crippen molar-refractivity contribution < 1.29 is 0 Å². The zero-order chi connectivity index (χ0) is 12.8. The van der Waals surface area contributed by atoms with Crippen molar-refractivity contribution >= 4 is 5.69 Å². The molecule has 0 saturated carbocycles. The molecule has 0 fully saturated rings. The van der Waals surface area contributed by atoms with E-state index >= 15 is 0 Å². The van der Waals surface area contributed by atoms with E-state index in [1.807, 2.05) is 10.9 Å². The standard InChI is InChI=1S/C15H21N3/c1-3-18-12-15(11-16-18)17-13(2)9-10-14-7-5-4-6-8-14/h4-8,11-13,17H,3,9-10H2,1-2H3. The summed E-state index contributed by atoms with van der Waals surface area (Å²) in [6.45, 7) is 5.22. The van der Waals surface area contributed by atoms with Crippen LogP contribution in [-0.4, -0.2) is 15.8 Å². The molecule has 18 heavy (non-hydrogen) atoms. The lowest BCUT2D eigenvalue weighted by molar-refractivity contribution is 0.659. The molecule has 3 heteroatoms. The highest BCUT2D eigenvalue weighted by atomic mass is 15.3. The van der Waals surface area contributed by atoms with Crippen LogP contribution in [-0.2, 0) is 13.0 Å². The van der Waals surface area contributed by atoms with Gasteiger partial charge in [-0.1, -0.05) is 30.3 Å². The normalized spacial score (nSPS) is 12.3. The summed E-state index contributed by atoms with van der Waals surface area (Å²) in [6, 6.07) is 11.1. The molecule has 0 bridgehead atoms. The summed E-state index contributed by atoms with van der Waals surface area (Å²) in [5.74, 6) is 0. The minimum Gasteiger partial charge on any atom is -0.380 e. The van der Waals surface area contributed by atoms with Crippen LogP contribution in [0.5, 0.6) is 0 Å². The maximum absolute atomic E-state index is 4.26. The van der Waals surface area contributed by atoms with Gasteiger partial charge in [0.15, 0.2) is 0 Å². The van der Waals surface area contributed by atoms with Crippen molar-refractivity contribution in [2.24, 2.45) is 0 Å². The molecule has 0 amide bonds. The van der Waals surface area contributed by atoms with Crippen molar-refractivity contribution in [2.75, 3.05) is 5.32 Å². The SMILES string of the molecule is CCn1cc(NC(C)CCc2ccccc2)cn1. The van der Waals surface area contributed by atoms with E-state index in [1.165, 1.54) is 5.56 Å². The summed E-state index contributed by atoms with van der Waals surface area (Å²) >= 11 is 0. The number of anilines is 1. The van der Waals surface area contributed by atoms with Gasteiger partial charge in [0.2, 0.25) is 0 Å². The summed E-state index contributed by atoms with van der Waals surface area (Å²) in [6.07, 6.45) is 6.18. The Hall–Kier alpha value is -1.77. The monoisotopic (exact) mass is 243 g/mol. The van der Waals surface area contributed by atoms with Crippen LogP contribution in [0.25, 0.3) is 0 Å². The molecular weight excluding hydrogens is 222 g/mol. The van der Waals surface area contributed by atoms with Gasteiger partial charge < -0.3 is 5.32 Å². The lowest BCUT2D eigenvalue weighted by atomic mass is 10.1. The molecule has 0 radical (unpaired) electrons. The van der Waals surface area contributed by atoms with Gasteiger partial charge in [0.05, 0.1) is 11.9 Å². The maximum Gasteiger partial charge on any atom is 0.0728 e. The Morgan fingerprint density at radius 1 is 1.28 bits per heavy atom. The zero-order valence-corrected chi connectivity index (χ0v) is 11.1. The van der Waals surface area contributed by atoms with Crippen LogP contribution in [0.15, 0.2) is 42.7 Å². The van der Waals surface area contributed by atoms with Crippen molar-refractivity contribution in [2.45, 2.75) is 39.3 Å². The first kappa shape index (κ1) is 12.7. The van der Waals surface area contributed by atoms with E-state index in [9.17, 15) is 0 Å². The number of aryl methyl sites for hydroxylation is 2. The molecule has 1 aromatic heterocycles. The third kappa shape index (κ3) is 3.62. The fourth-order valence-electron chi connectivity index (χ4n) is 2.00. The van der Waals surface area contributed by atoms with Crippen molar-refractivity contribution in [3.05, 3.63) is 48.3 Å². The molecule has 1 atom stereocenters.